The highest BCUT2D eigenvalue weighted by atomic mass is 19.4. The van der Waals surface area contributed by atoms with Crippen LogP contribution in [0.2, 0.25) is 0 Å². The Bertz CT molecular complexity index is 673. The first-order chi connectivity index (χ1) is 11.4. The van der Waals surface area contributed by atoms with Crippen LogP contribution >= 0.6 is 0 Å². The van der Waals surface area contributed by atoms with Crippen molar-refractivity contribution in [3.05, 3.63) is 30.1 Å². The molecule has 1 amide bonds. The summed E-state index contributed by atoms with van der Waals surface area (Å²) in [4.78, 5) is 22.8. The first kappa shape index (κ1) is 15.6. The lowest BCUT2D eigenvalue weighted by atomic mass is 9.75. The van der Waals surface area contributed by atoms with Crippen LogP contribution in [0.1, 0.15) is 37.3 Å². The van der Waals surface area contributed by atoms with Crippen LogP contribution < -0.4 is 0 Å². The van der Waals surface area contributed by atoms with E-state index in [-0.39, 0.29) is 36.8 Å². The van der Waals surface area contributed by atoms with E-state index in [9.17, 15) is 18.0 Å². The number of fused-ring (bicyclic) bond motifs is 2. The summed E-state index contributed by atoms with van der Waals surface area (Å²) in [5, 5.41) is 0. The number of pyridine rings is 1. The topological polar surface area (TPSA) is 45.6 Å². The molecular weight excluding hydrogens is 319 g/mol. The summed E-state index contributed by atoms with van der Waals surface area (Å²) in [6.07, 6.45) is -0.540. The Morgan fingerprint density at radius 1 is 1.21 bits per heavy atom. The SMILES string of the molecule is O=C1C2CCC(c3ccccn3)CC2N=C2CC(C(F)(F)F)CN12. The summed E-state index contributed by atoms with van der Waals surface area (Å²) in [5.41, 5.74) is 0.977. The Hall–Kier alpha value is -1.92. The third-order valence-electron chi connectivity index (χ3n) is 5.43. The Balaban J connectivity index is 1.56. The molecule has 2 fully saturated rings. The van der Waals surface area contributed by atoms with Crippen molar-refractivity contribution in [2.24, 2.45) is 16.8 Å². The fourth-order valence-corrected chi connectivity index (χ4v) is 4.13. The minimum Gasteiger partial charge on any atom is -0.300 e. The molecule has 4 rings (SSSR count). The molecular formula is C17H18F3N3O. The van der Waals surface area contributed by atoms with Crippen molar-refractivity contribution in [2.45, 2.75) is 43.8 Å². The van der Waals surface area contributed by atoms with E-state index in [4.69, 9.17) is 0 Å². The molecule has 7 heteroatoms. The van der Waals surface area contributed by atoms with Crippen LogP contribution in [0.4, 0.5) is 13.2 Å². The number of hydrogen-bond donors (Lipinski definition) is 0. The summed E-state index contributed by atoms with van der Waals surface area (Å²) >= 11 is 0. The van der Waals surface area contributed by atoms with Gasteiger partial charge < -0.3 is 0 Å². The molecule has 128 valence electrons. The van der Waals surface area contributed by atoms with Crippen molar-refractivity contribution in [1.82, 2.24) is 9.88 Å². The van der Waals surface area contributed by atoms with E-state index >= 15 is 0 Å². The highest BCUT2D eigenvalue weighted by Crippen LogP contribution is 2.43. The summed E-state index contributed by atoms with van der Waals surface area (Å²) in [6, 6.07) is 5.53. The second kappa shape index (κ2) is 5.57. The Morgan fingerprint density at radius 3 is 2.75 bits per heavy atom. The summed E-state index contributed by atoms with van der Waals surface area (Å²) < 4.78 is 38.9. The first-order valence-corrected chi connectivity index (χ1v) is 8.29. The van der Waals surface area contributed by atoms with Gasteiger partial charge >= 0.3 is 6.18 Å². The predicted molar refractivity (Wildman–Crippen MR) is 81.4 cm³/mol. The third-order valence-corrected chi connectivity index (χ3v) is 5.43. The second-order valence-corrected chi connectivity index (χ2v) is 6.88. The number of halogens is 3. The Kier molecular flexibility index (Phi) is 3.62. The molecule has 1 aromatic rings. The van der Waals surface area contributed by atoms with Gasteiger partial charge in [-0.3, -0.25) is 19.7 Å². The smallest absolute Gasteiger partial charge is 0.300 e. The third kappa shape index (κ3) is 2.59. The Morgan fingerprint density at radius 2 is 2.04 bits per heavy atom. The Labute approximate surface area is 137 Å². The molecule has 1 aliphatic carbocycles. The number of nitrogens with zero attached hydrogens (tertiary/aromatic N) is 3. The van der Waals surface area contributed by atoms with E-state index in [0.717, 1.165) is 12.1 Å². The number of aliphatic imine (C=N–C) groups is 1. The van der Waals surface area contributed by atoms with Crippen molar-refractivity contribution < 1.29 is 18.0 Å². The summed E-state index contributed by atoms with van der Waals surface area (Å²) in [7, 11) is 0. The lowest BCUT2D eigenvalue weighted by molar-refractivity contribution is -0.171. The molecule has 0 radical (unpaired) electrons. The molecule has 0 spiro atoms. The van der Waals surface area contributed by atoms with Gasteiger partial charge in [-0.15, -0.1) is 0 Å². The molecule has 0 N–H and O–H groups in total. The molecule has 0 aromatic carbocycles. The van der Waals surface area contributed by atoms with Crippen LogP contribution in [0.3, 0.4) is 0 Å². The van der Waals surface area contributed by atoms with E-state index in [2.05, 4.69) is 9.98 Å². The number of aromatic nitrogens is 1. The first-order valence-electron chi connectivity index (χ1n) is 8.29. The van der Waals surface area contributed by atoms with Crippen LogP contribution in [0, 0.1) is 11.8 Å². The largest absolute Gasteiger partial charge is 0.393 e. The van der Waals surface area contributed by atoms with E-state index in [1.54, 1.807) is 6.20 Å². The number of amidine groups is 1. The monoisotopic (exact) mass is 337 g/mol. The molecule has 3 heterocycles. The molecule has 0 bridgehead atoms. The van der Waals surface area contributed by atoms with Gasteiger partial charge in [0, 0.05) is 30.8 Å². The molecule has 1 saturated heterocycles. The lowest BCUT2D eigenvalue weighted by Crippen LogP contribution is -2.48. The number of rotatable bonds is 1. The van der Waals surface area contributed by atoms with Gasteiger partial charge in [0.05, 0.1) is 17.9 Å². The van der Waals surface area contributed by atoms with Gasteiger partial charge in [0.1, 0.15) is 5.84 Å². The lowest BCUT2D eigenvalue weighted by Gasteiger charge is -2.38. The van der Waals surface area contributed by atoms with Crippen molar-refractivity contribution in [3.8, 4) is 0 Å². The van der Waals surface area contributed by atoms with E-state index in [1.165, 1.54) is 4.90 Å². The zero-order chi connectivity index (χ0) is 16.9. The van der Waals surface area contributed by atoms with Crippen LogP contribution in [-0.4, -0.2) is 40.4 Å². The number of hydrogen-bond acceptors (Lipinski definition) is 3. The number of carbonyl (C=O) groups is 1. The maximum Gasteiger partial charge on any atom is 0.393 e. The van der Waals surface area contributed by atoms with E-state index < -0.39 is 12.1 Å². The summed E-state index contributed by atoms with van der Waals surface area (Å²) in [5.74, 6) is -1.38. The fraction of sp³-hybridized carbons (Fsp3) is 0.588. The van der Waals surface area contributed by atoms with Gasteiger partial charge in [-0.05, 0) is 31.4 Å². The molecule has 4 unspecified atom stereocenters. The predicted octanol–water partition coefficient (Wildman–Crippen LogP) is 3.16. The normalized spacial score (nSPS) is 33.0. The van der Waals surface area contributed by atoms with Crippen LogP contribution in [-0.2, 0) is 4.79 Å². The zero-order valence-electron chi connectivity index (χ0n) is 13.0. The van der Waals surface area contributed by atoms with Crippen molar-refractivity contribution in [2.75, 3.05) is 6.54 Å². The fourth-order valence-electron chi connectivity index (χ4n) is 4.13. The molecule has 1 aromatic heterocycles. The van der Waals surface area contributed by atoms with E-state index in [1.807, 2.05) is 18.2 Å². The van der Waals surface area contributed by atoms with Crippen molar-refractivity contribution >= 4 is 11.7 Å². The maximum atomic E-state index is 13.0. The maximum absolute atomic E-state index is 13.0. The molecule has 4 atom stereocenters. The van der Waals surface area contributed by atoms with Gasteiger partial charge in [0.25, 0.3) is 0 Å². The molecule has 2 aliphatic heterocycles. The highest BCUT2D eigenvalue weighted by Gasteiger charge is 2.51. The number of amides is 1. The second-order valence-electron chi connectivity index (χ2n) is 6.88. The van der Waals surface area contributed by atoms with Crippen molar-refractivity contribution in [1.29, 1.82) is 0 Å². The van der Waals surface area contributed by atoms with Crippen molar-refractivity contribution in [3.63, 3.8) is 0 Å². The van der Waals surface area contributed by atoms with Gasteiger partial charge in [-0.25, -0.2) is 0 Å². The van der Waals surface area contributed by atoms with Crippen LogP contribution in [0.15, 0.2) is 29.4 Å². The summed E-state index contributed by atoms with van der Waals surface area (Å²) in [6.45, 7) is -0.270. The van der Waals surface area contributed by atoms with E-state index in [0.29, 0.717) is 18.7 Å². The average molecular weight is 337 g/mol. The zero-order valence-corrected chi connectivity index (χ0v) is 13.0. The average Bonchev–Trinajstić information content (AvgIpc) is 3.00. The molecule has 3 aliphatic rings. The molecule has 4 nitrogen and oxygen atoms in total. The highest BCUT2D eigenvalue weighted by molar-refractivity contribution is 6.03. The van der Waals surface area contributed by atoms with Gasteiger partial charge in [-0.1, -0.05) is 6.07 Å². The van der Waals surface area contributed by atoms with Gasteiger partial charge in [0.2, 0.25) is 5.91 Å². The van der Waals surface area contributed by atoms with Gasteiger partial charge in [0.15, 0.2) is 0 Å². The molecule has 1 saturated carbocycles. The minimum absolute atomic E-state index is 0.170. The van der Waals surface area contributed by atoms with Crippen LogP contribution in [0.25, 0.3) is 0 Å². The number of alkyl halides is 3. The quantitative estimate of drug-likeness (QED) is 0.790. The van der Waals surface area contributed by atoms with Crippen LogP contribution in [0.5, 0.6) is 0 Å². The molecule has 24 heavy (non-hydrogen) atoms. The minimum atomic E-state index is -4.28. The standard InChI is InChI=1S/C17H18F3N3O/c18-17(19,20)11-8-15-22-14-7-10(13-3-1-2-6-21-13)4-5-12(14)16(24)23(15)9-11/h1-3,6,10-12,14H,4-5,7-9H2. The van der Waals surface area contributed by atoms with Gasteiger partial charge in [-0.2, -0.15) is 13.2 Å². The number of carbonyl (C=O) groups excluding carboxylic acids is 1.